The Bertz CT molecular complexity index is 2530. The van der Waals surface area contributed by atoms with E-state index >= 15 is 0 Å². The summed E-state index contributed by atoms with van der Waals surface area (Å²) in [6, 6.07) is 56.2. The summed E-state index contributed by atoms with van der Waals surface area (Å²) in [5, 5.41) is 4.59. The van der Waals surface area contributed by atoms with E-state index in [9.17, 15) is 0 Å². The monoisotopic (exact) mass is 631 g/mol. The van der Waals surface area contributed by atoms with Crippen molar-refractivity contribution in [3.8, 4) is 28.0 Å². The highest BCUT2D eigenvalue weighted by molar-refractivity contribution is 6.20. The number of ether oxygens (including phenoxy) is 1. The molecule has 234 valence electrons. The molecule has 0 saturated heterocycles. The second kappa shape index (κ2) is 11.3. The predicted octanol–water partition coefficient (Wildman–Crippen LogP) is 12.4. The van der Waals surface area contributed by atoms with Crippen molar-refractivity contribution in [2.75, 3.05) is 4.90 Å². The number of fused-ring (bicyclic) bond motifs is 8. The second-order valence-electron chi connectivity index (χ2n) is 13.1. The van der Waals surface area contributed by atoms with Gasteiger partial charge < -0.3 is 14.1 Å². The van der Waals surface area contributed by atoms with Crippen LogP contribution in [-0.2, 0) is 0 Å². The molecule has 7 aromatic carbocycles. The molecule has 2 aliphatic rings. The van der Waals surface area contributed by atoms with Crippen molar-refractivity contribution in [2.24, 2.45) is 0 Å². The van der Waals surface area contributed by atoms with E-state index in [1.165, 1.54) is 27.8 Å². The van der Waals surface area contributed by atoms with Gasteiger partial charge in [0, 0.05) is 44.6 Å². The van der Waals surface area contributed by atoms with Crippen molar-refractivity contribution in [3.05, 3.63) is 175 Å². The Morgan fingerprint density at radius 1 is 0.510 bits per heavy atom. The highest BCUT2D eigenvalue weighted by Gasteiger charge is 2.40. The first kappa shape index (κ1) is 28.0. The molecule has 49 heavy (non-hydrogen) atoms. The molecule has 3 heteroatoms. The molecule has 0 saturated carbocycles. The summed E-state index contributed by atoms with van der Waals surface area (Å²) in [7, 11) is 0. The number of para-hydroxylation sites is 3. The van der Waals surface area contributed by atoms with Gasteiger partial charge in [-0.05, 0) is 71.3 Å². The lowest BCUT2D eigenvalue weighted by Gasteiger charge is -2.35. The first-order valence-electron chi connectivity index (χ1n) is 17.2. The summed E-state index contributed by atoms with van der Waals surface area (Å²) < 4.78 is 13.5. The third-order valence-corrected chi connectivity index (χ3v) is 10.4. The van der Waals surface area contributed by atoms with Gasteiger partial charge in [-0.15, -0.1) is 0 Å². The molecule has 0 bridgehead atoms. The molecular weight excluding hydrogens is 599 g/mol. The lowest BCUT2D eigenvalue weighted by Crippen LogP contribution is -2.34. The van der Waals surface area contributed by atoms with Gasteiger partial charge in [-0.25, -0.2) is 0 Å². The minimum absolute atomic E-state index is 0.0223. The van der Waals surface area contributed by atoms with Gasteiger partial charge in [0.1, 0.15) is 23.0 Å². The van der Waals surface area contributed by atoms with E-state index in [4.69, 9.17) is 9.15 Å². The van der Waals surface area contributed by atoms with Crippen LogP contribution in [0.2, 0.25) is 0 Å². The second-order valence-corrected chi connectivity index (χ2v) is 13.1. The molecule has 0 radical (unpaired) electrons. The van der Waals surface area contributed by atoms with Crippen LogP contribution >= 0.6 is 0 Å². The molecule has 1 aliphatic heterocycles. The largest absolute Gasteiger partial charge is 0.483 e. The van der Waals surface area contributed by atoms with Gasteiger partial charge in [-0.3, -0.25) is 0 Å². The number of furan rings is 1. The van der Waals surface area contributed by atoms with E-state index in [0.717, 1.165) is 68.4 Å². The van der Waals surface area contributed by atoms with Crippen LogP contribution < -0.4 is 9.64 Å². The van der Waals surface area contributed by atoms with Crippen LogP contribution in [0.25, 0.3) is 55.0 Å². The minimum atomic E-state index is -0.0223. The van der Waals surface area contributed by atoms with Crippen molar-refractivity contribution in [1.29, 1.82) is 0 Å². The quantitative estimate of drug-likeness (QED) is 0.189. The third-order valence-electron chi connectivity index (χ3n) is 10.4. The molecule has 0 amide bonds. The Balaban J connectivity index is 1.08. The molecular formula is C46H33NO2. The maximum atomic E-state index is 6.83. The molecule has 2 atom stereocenters. The normalized spacial score (nSPS) is 16.7. The molecule has 10 rings (SSSR count). The summed E-state index contributed by atoms with van der Waals surface area (Å²) >= 11 is 0. The van der Waals surface area contributed by atoms with Crippen LogP contribution in [-0.4, -0.2) is 6.10 Å². The van der Waals surface area contributed by atoms with E-state index in [0.29, 0.717) is 5.92 Å². The van der Waals surface area contributed by atoms with Crippen LogP contribution in [0.4, 0.5) is 11.4 Å². The molecule has 8 aromatic rings. The van der Waals surface area contributed by atoms with Gasteiger partial charge in [-0.1, -0.05) is 127 Å². The zero-order chi connectivity index (χ0) is 32.3. The van der Waals surface area contributed by atoms with Crippen LogP contribution in [0.1, 0.15) is 24.3 Å². The van der Waals surface area contributed by atoms with Gasteiger partial charge in [0.05, 0.1) is 5.70 Å². The summed E-state index contributed by atoms with van der Waals surface area (Å²) in [4.78, 5) is 2.38. The maximum Gasteiger partial charge on any atom is 0.146 e. The van der Waals surface area contributed by atoms with Crippen molar-refractivity contribution in [1.82, 2.24) is 0 Å². The molecule has 1 aromatic heterocycles. The van der Waals surface area contributed by atoms with Gasteiger partial charge in [0.15, 0.2) is 0 Å². The summed E-state index contributed by atoms with van der Waals surface area (Å²) in [6.07, 6.45) is 4.46. The number of hydrogen-bond donors (Lipinski definition) is 0. The minimum Gasteiger partial charge on any atom is -0.483 e. The molecule has 2 heterocycles. The van der Waals surface area contributed by atoms with Crippen molar-refractivity contribution >= 4 is 44.1 Å². The molecule has 0 N–H and O–H groups in total. The van der Waals surface area contributed by atoms with Gasteiger partial charge in [0.2, 0.25) is 0 Å². The number of allylic oxidation sites excluding steroid dienone is 1. The first-order chi connectivity index (χ1) is 24.3. The highest BCUT2D eigenvalue weighted by Crippen LogP contribution is 2.49. The Morgan fingerprint density at radius 2 is 1.16 bits per heavy atom. The summed E-state index contributed by atoms with van der Waals surface area (Å²) in [5.41, 5.74) is 11.2. The molecule has 0 fully saturated rings. The highest BCUT2D eigenvalue weighted by atomic mass is 16.5. The lowest BCUT2D eigenvalue weighted by molar-refractivity contribution is 0.228. The van der Waals surface area contributed by atoms with E-state index in [2.05, 4.69) is 169 Å². The first-order valence-corrected chi connectivity index (χ1v) is 17.2. The smallest absolute Gasteiger partial charge is 0.146 e. The van der Waals surface area contributed by atoms with E-state index in [-0.39, 0.29) is 6.10 Å². The van der Waals surface area contributed by atoms with Crippen LogP contribution in [0.3, 0.4) is 0 Å². The fourth-order valence-electron chi connectivity index (χ4n) is 8.11. The predicted molar refractivity (Wildman–Crippen MR) is 202 cm³/mol. The fraction of sp³-hybridized carbons (Fsp3) is 0.0870. The van der Waals surface area contributed by atoms with Crippen LogP contribution in [0.15, 0.2) is 174 Å². The fourth-order valence-corrected chi connectivity index (χ4v) is 8.11. The average molecular weight is 632 g/mol. The zero-order valence-electron chi connectivity index (χ0n) is 26.9. The van der Waals surface area contributed by atoms with E-state index < -0.39 is 0 Å². The zero-order valence-corrected chi connectivity index (χ0v) is 26.9. The lowest BCUT2D eigenvalue weighted by atomic mass is 9.84. The molecule has 3 nitrogen and oxygen atoms in total. The Labute approximate surface area is 285 Å². The number of nitrogens with zero attached hydrogens (tertiary/aromatic N) is 1. The summed E-state index contributed by atoms with van der Waals surface area (Å²) in [6.45, 7) is 0. The number of hydrogen-bond acceptors (Lipinski definition) is 3. The van der Waals surface area contributed by atoms with Crippen molar-refractivity contribution < 1.29 is 9.15 Å². The Kier molecular flexibility index (Phi) is 6.45. The summed E-state index contributed by atoms with van der Waals surface area (Å²) in [5.74, 6) is 1.36. The number of rotatable bonds is 5. The van der Waals surface area contributed by atoms with Gasteiger partial charge in [-0.2, -0.15) is 0 Å². The van der Waals surface area contributed by atoms with Crippen LogP contribution in [0.5, 0.6) is 5.75 Å². The Morgan fingerprint density at radius 3 is 2.00 bits per heavy atom. The maximum absolute atomic E-state index is 6.83. The molecule has 0 spiro atoms. The van der Waals surface area contributed by atoms with Gasteiger partial charge >= 0.3 is 0 Å². The van der Waals surface area contributed by atoms with Crippen molar-refractivity contribution in [3.63, 3.8) is 0 Å². The SMILES string of the molecule is C1=C(N(c2ccccc2)c2ccc(-c3cccc4c3oc3c5ccccc5c(-c5ccccc5)cc43)cc2)C2Oc3ccccc3C2CC1. The number of benzene rings is 7. The standard InChI is InChI=1S/C46H33NO2/c1-3-13-30(14-4-1)40-29-41-39-21-11-20-34(44(39)49-45(41)37-19-8-7-17-35(37)40)31-25-27-33(28-26-31)47(32-15-5-2-6-16-32)42-23-12-22-38-36-18-9-10-24-43(36)48-46(38)42/h1-11,13-21,23-29,38,46H,12,22H2. The van der Waals surface area contributed by atoms with E-state index in [1.807, 2.05) is 0 Å². The molecule has 2 unspecified atom stereocenters. The van der Waals surface area contributed by atoms with Crippen molar-refractivity contribution in [2.45, 2.75) is 24.9 Å². The third kappa shape index (κ3) is 4.50. The topological polar surface area (TPSA) is 25.6 Å². The van der Waals surface area contributed by atoms with Crippen LogP contribution in [0, 0.1) is 0 Å². The average Bonchev–Trinajstić information content (AvgIpc) is 3.75. The van der Waals surface area contributed by atoms with Gasteiger partial charge in [0.25, 0.3) is 0 Å². The number of anilines is 2. The van der Waals surface area contributed by atoms with E-state index in [1.54, 1.807) is 0 Å². The Hall–Kier alpha value is -6.06. The molecule has 1 aliphatic carbocycles.